The van der Waals surface area contributed by atoms with Gasteiger partial charge in [-0.05, 0) is 41.4 Å². The second-order valence-electron chi connectivity index (χ2n) is 4.13. The van der Waals surface area contributed by atoms with Gasteiger partial charge in [-0.15, -0.1) is 0 Å². The molecule has 0 aliphatic carbocycles. The molecular weight excluding hydrogens is 280 g/mol. The summed E-state index contributed by atoms with van der Waals surface area (Å²) in [4.78, 5) is 21.0. The monoisotopic (exact) mass is 290 g/mol. The van der Waals surface area contributed by atoms with Crippen LogP contribution in [0.4, 0.5) is 11.4 Å². The Morgan fingerprint density at radius 1 is 1.10 bits per heavy atom. The molecule has 0 fully saturated rings. The van der Waals surface area contributed by atoms with Gasteiger partial charge in [0.25, 0.3) is 10.9 Å². The van der Waals surface area contributed by atoms with E-state index in [1.54, 1.807) is 36.4 Å². The lowest BCUT2D eigenvalue weighted by atomic mass is 10.2. The Morgan fingerprint density at radius 3 is 2.20 bits per heavy atom. The van der Waals surface area contributed by atoms with Crippen molar-refractivity contribution in [2.45, 2.75) is 6.54 Å². The largest absolute Gasteiger partial charge is 0.381 e. The minimum Gasteiger partial charge on any atom is -0.381 e. The summed E-state index contributed by atoms with van der Waals surface area (Å²) in [5.74, 6) is 0. The number of hydrogen-bond acceptors (Lipinski definition) is 4. The Labute approximate surface area is 120 Å². The fraction of sp³-hybridized carbons (Fsp3) is 0.0714. The first-order chi connectivity index (χ1) is 9.56. The number of halogens is 1. The van der Waals surface area contributed by atoms with Crippen molar-refractivity contribution < 1.29 is 9.72 Å². The van der Waals surface area contributed by atoms with Gasteiger partial charge in [-0.1, -0.05) is 12.1 Å². The highest BCUT2D eigenvalue weighted by atomic mass is 35.5. The molecule has 1 N–H and O–H groups in total. The van der Waals surface area contributed by atoms with E-state index < -0.39 is 10.2 Å². The lowest BCUT2D eigenvalue weighted by molar-refractivity contribution is -0.384. The molecule has 2 aromatic rings. The lowest BCUT2D eigenvalue weighted by Gasteiger charge is -2.06. The van der Waals surface area contributed by atoms with Crippen LogP contribution in [0.1, 0.15) is 15.9 Å². The third kappa shape index (κ3) is 3.55. The Bertz CT molecular complexity index is 566. The zero-order valence-electron chi connectivity index (χ0n) is 10.4. The number of nitrogens with one attached hydrogen (secondary N) is 1. The number of nitro benzene ring substituents is 1. The molecule has 0 radical (unpaired) electrons. The topological polar surface area (TPSA) is 72.2 Å². The van der Waals surface area contributed by atoms with Crippen LogP contribution >= 0.6 is 11.6 Å². The highest BCUT2D eigenvalue weighted by molar-refractivity contribution is 6.67. The van der Waals surface area contributed by atoms with Crippen LogP contribution in [0.2, 0.25) is 0 Å². The maximum atomic E-state index is 10.9. The standard InChI is InChI=1S/C14H11ClN2O3/c15-14(18)11-3-5-12(6-4-11)16-9-10-1-7-13(8-2-10)17(19)20/h1-8,16H,9H2. The average Bonchev–Trinajstić information content (AvgIpc) is 2.46. The fourth-order valence-corrected chi connectivity index (χ4v) is 1.78. The van der Waals surface area contributed by atoms with Crippen LogP contribution in [-0.2, 0) is 6.54 Å². The number of carbonyl (C=O) groups is 1. The van der Waals surface area contributed by atoms with Crippen molar-refractivity contribution in [3.63, 3.8) is 0 Å². The fourth-order valence-electron chi connectivity index (χ4n) is 1.66. The highest BCUT2D eigenvalue weighted by Gasteiger charge is 2.04. The molecule has 0 saturated heterocycles. The minimum atomic E-state index is -0.494. The molecule has 0 unspecified atom stereocenters. The van der Waals surface area contributed by atoms with E-state index in [-0.39, 0.29) is 5.69 Å². The van der Waals surface area contributed by atoms with E-state index in [2.05, 4.69) is 5.32 Å². The number of non-ortho nitro benzene ring substituents is 1. The number of hydrogen-bond donors (Lipinski definition) is 1. The lowest BCUT2D eigenvalue weighted by Crippen LogP contribution is -2.00. The Morgan fingerprint density at radius 2 is 1.70 bits per heavy atom. The molecule has 0 saturated carbocycles. The first-order valence-electron chi connectivity index (χ1n) is 5.83. The molecule has 2 rings (SSSR count). The van der Waals surface area contributed by atoms with E-state index in [9.17, 15) is 14.9 Å². The van der Waals surface area contributed by atoms with Crippen LogP contribution < -0.4 is 5.32 Å². The zero-order valence-corrected chi connectivity index (χ0v) is 11.1. The van der Waals surface area contributed by atoms with Crippen molar-refractivity contribution in [1.82, 2.24) is 0 Å². The zero-order chi connectivity index (χ0) is 14.5. The summed E-state index contributed by atoms with van der Waals surface area (Å²) in [6, 6.07) is 13.1. The Hall–Kier alpha value is -2.40. The van der Waals surface area contributed by atoms with Crippen molar-refractivity contribution in [3.8, 4) is 0 Å². The van der Waals surface area contributed by atoms with Crippen LogP contribution in [0.3, 0.4) is 0 Å². The molecule has 0 heterocycles. The molecule has 6 heteroatoms. The molecule has 2 aromatic carbocycles. The van der Waals surface area contributed by atoms with Gasteiger partial charge in [0.2, 0.25) is 0 Å². The Kier molecular flexibility index (Phi) is 4.32. The third-order valence-electron chi connectivity index (χ3n) is 2.76. The van der Waals surface area contributed by atoms with Gasteiger partial charge in [0.05, 0.1) is 4.92 Å². The SMILES string of the molecule is O=C(Cl)c1ccc(NCc2ccc([N+](=O)[O-])cc2)cc1. The van der Waals surface area contributed by atoms with E-state index in [0.29, 0.717) is 12.1 Å². The van der Waals surface area contributed by atoms with Gasteiger partial charge in [0.15, 0.2) is 0 Å². The molecule has 0 bridgehead atoms. The van der Waals surface area contributed by atoms with Crippen molar-refractivity contribution in [1.29, 1.82) is 0 Å². The maximum Gasteiger partial charge on any atom is 0.269 e. The molecular formula is C14H11ClN2O3. The molecule has 0 aromatic heterocycles. The van der Waals surface area contributed by atoms with Gasteiger partial charge < -0.3 is 5.32 Å². The normalized spacial score (nSPS) is 10.1. The van der Waals surface area contributed by atoms with Gasteiger partial charge >= 0.3 is 0 Å². The summed E-state index contributed by atoms with van der Waals surface area (Å²) in [5.41, 5.74) is 2.27. The van der Waals surface area contributed by atoms with Crippen molar-refractivity contribution in [2.24, 2.45) is 0 Å². The van der Waals surface area contributed by atoms with Crippen LogP contribution in [0.25, 0.3) is 0 Å². The van der Waals surface area contributed by atoms with E-state index in [1.807, 2.05) is 0 Å². The number of rotatable bonds is 5. The maximum absolute atomic E-state index is 10.9. The van der Waals surface area contributed by atoms with Gasteiger partial charge in [-0.3, -0.25) is 14.9 Å². The number of nitrogens with zero attached hydrogens (tertiary/aromatic N) is 1. The van der Waals surface area contributed by atoms with Gasteiger partial charge in [-0.25, -0.2) is 0 Å². The molecule has 0 aliphatic heterocycles. The molecule has 102 valence electrons. The predicted octanol–water partition coefficient (Wildman–Crippen LogP) is 3.59. The second-order valence-corrected chi connectivity index (χ2v) is 4.47. The second kappa shape index (κ2) is 6.16. The Balaban J connectivity index is 1.97. The number of nitro groups is 1. The predicted molar refractivity (Wildman–Crippen MR) is 77.0 cm³/mol. The van der Waals surface area contributed by atoms with Crippen molar-refractivity contribution >= 4 is 28.2 Å². The minimum absolute atomic E-state index is 0.0683. The van der Waals surface area contributed by atoms with Gasteiger partial charge in [0, 0.05) is 29.9 Å². The molecule has 0 atom stereocenters. The molecule has 0 spiro atoms. The van der Waals surface area contributed by atoms with Crippen LogP contribution in [0.5, 0.6) is 0 Å². The number of benzene rings is 2. The van der Waals surface area contributed by atoms with Gasteiger partial charge in [0.1, 0.15) is 0 Å². The van der Waals surface area contributed by atoms with Crippen LogP contribution in [-0.4, -0.2) is 10.2 Å². The molecule has 5 nitrogen and oxygen atoms in total. The summed E-state index contributed by atoms with van der Waals surface area (Å²) < 4.78 is 0. The summed E-state index contributed by atoms with van der Waals surface area (Å²) in [6.07, 6.45) is 0. The summed E-state index contributed by atoms with van der Waals surface area (Å²) in [6.45, 7) is 0.534. The van der Waals surface area contributed by atoms with Gasteiger partial charge in [-0.2, -0.15) is 0 Å². The smallest absolute Gasteiger partial charge is 0.269 e. The first kappa shape index (κ1) is 14.0. The summed E-state index contributed by atoms with van der Waals surface area (Å²) >= 11 is 5.35. The van der Waals surface area contributed by atoms with E-state index >= 15 is 0 Å². The van der Waals surface area contributed by atoms with Crippen LogP contribution in [0, 0.1) is 10.1 Å². The van der Waals surface area contributed by atoms with Crippen molar-refractivity contribution in [3.05, 3.63) is 69.8 Å². The summed E-state index contributed by atoms with van der Waals surface area (Å²) in [5, 5.41) is 13.2. The van der Waals surface area contributed by atoms with E-state index in [4.69, 9.17) is 11.6 Å². The number of carbonyl (C=O) groups excluding carboxylic acids is 1. The average molecular weight is 291 g/mol. The number of anilines is 1. The van der Waals surface area contributed by atoms with Crippen LogP contribution in [0.15, 0.2) is 48.5 Å². The molecule has 0 amide bonds. The quantitative estimate of drug-likeness (QED) is 0.519. The van der Waals surface area contributed by atoms with E-state index in [1.165, 1.54) is 12.1 Å². The summed E-state index contributed by atoms with van der Waals surface area (Å²) in [7, 11) is 0. The van der Waals surface area contributed by atoms with Crippen molar-refractivity contribution in [2.75, 3.05) is 5.32 Å². The third-order valence-corrected chi connectivity index (χ3v) is 2.97. The highest BCUT2D eigenvalue weighted by Crippen LogP contribution is 2.15. The molecule has 20 heavy (non-hydrogen) atoms. The van der Waals surface area contributed by atoms with E-state index in [0.717, 1.165) is 11.3 Å². The molecule has 0 aliphatic rings. The first-order valence-corrected chi connectivity index (χ1v) is 6.21.